The van der Waals surface area contributed by atoms with Gasteiger partial charge in [0, 0.05) is 24.7 Å². The molecule has 2 rings (SSSR count). The molecular weight excluding hydrogens is 288 g/mol. The fraction of sp³-hybridized carbons (Fsp3) is 0.0667. The van der Waals surface area contributed by atoms with Gasteiger partial charge in [0.1, 0.15) is 0 Å². The average molecular weight is 300 g/mol. The molecule has 2 aromatic rings. The predicted octanol–water partition coefficient (Wildman–Crippen LogP) is 2.57. The van der Waals surface area contributed by atoms with Crippen LogP contribution in [0, 0.1) is 10.1 Å². The molecule has 7 nitrogen and oxygen atoms in total. The monoisotopic (exact) mass is 300 g/mol. The Labute approximate surface area is 125 Å². The highest BCUT2D eigenvalue weighted by Crippen LogP contribution is 2.22. The van der Waals surface area contributed by atoms with E-state index in [1.165, 1.54) is 48.3 Å². The highest BCUT2D eigenvalue weighted by molar-refractivity contribution is 6.09. The van der Waals surface area contributed by atoms with Gasteiger partial charge in [0.05, 0.1) is 16.2 Å². The number of hydrogen-bond acceptors (Lipinski definition) is 4. The maximum atomic E-state index is 12.4. The average Bonchev–Trinajstić information content (AvgIpc) is 2.53. The summed E-state index contributed by atoms with van der Waals surface area (Å²) in [5.74, 6) is -1.59. The van der Waals surface area contributed by atoms with Gasteiger partial charge in [-0.3, -0.25) is 14.9 Å². The Bertz CT molecular complexity index is 740. The van der Waals surface area contributed by atoms with Gasteiger partial charge in [-0.2, -0.15) is 0 Å². The van der Waals surface area contributed by atoms with Crippen LogP contribution in [-0.4, -0.2) is 29.0 Å². The normalized spacial score (nSPS) is 10.0. The number of nitro benzene ring substituents is 1. The van der Waals surface area contributed by atoms with E-state index in [-0.39, 0.29) is 22.5 Å². The molecule has 0 heterocycles. The van der Waals surface area contributed by atoms with Crippen LogP contribution in [0.3, 0.4) is 0 Å². The first-order valence-corrected chi connectivity index (χ1v) is 6.26. The van der Waals surface area contributed by atoms with Crippen molar-refractivity contribution < 1.29 is 19.6 Å². The Kier molecular flexibility index (Phi) is 4.17. The zero-order chi connectivity index (χ0) is 16.3. The van der Waals surface area contributed by atoms with Crippen LogP contribution in [0.2, 0.25) is 0 Å². The Morgan fingerprint density at radius 1 is 1.09 bits per heavy atom. The molecule has 0 saturated carbocycles. The lowest BCUT2D eigenvalue weighted by Gasteiger charge is -2.19. The number of aromatic carboxylic acids is 1. The molecule has 112 valence electrons. The summed E-state index contributed by atoms with van der Waals surface area (Å²) in [5.41, 5.74) is 0.358. The second-order valence-electron chi connectivity index (χ2n) is 4.49. The molecular formula is C15H12N2O5. The number of hydrogen-bond donors (Lipinski definition) is 1. The number of carbonyl (C=O) groups is 2. The molecule has 1 amide bonds. The van der Waals surface area contributed by atoms with Gasteiger partial charge in [0.25, 0.3) is 11.6 Å². The van der Waals surface area contributed by atoms with E-state index in [0.717, 1.165) is 0 Å². The maximum Gasteiger partial charge on any atom is 0.337 e. The number of carboxylic acids is 1. The molecule has 0 aromatic heterocycles. The first-order chi connectivity index (χ1) is 10.4. The molecule has 0 unspecified atom stereocenters. The minimum absolute atomic E-state index is 0.000242. The molecule has 0 fully saturated rings. The fourth-order valence-corrected chi connectivity index (χ4v) is 1.98. The van der Waals surface area contributed by atoms with Crippen molar-refractivity contribution in [2.75, 3.05) is 11.9 Å². The first-order valence-electron chi connectivity index (χ1n) is 6.26. The third-order valence-corrected chi connectivity index (χ3v) is 3.13. The number of anilines is 1. The zero-order valence-electron chi connectivity index (χ0n) is 11.6. The summed E-state index contributed by atoms with van der Waals surface area (Å²) in [6.07, 6.45) is 0. The van der Waals surface area contributed by atoms with Crippen molar-refractivity contribution in [3.63, 3.8) is 0 Å². The van der Waals surface area contributed by atoms with Crippen LogP contribution >= 0.6 is 0 Å². The quantitative estimate of drug-likeness (QED) is 0.690. The van der Waals surface area contributed by atoms with Crippen LogP contribution in [-0.2, 0) is 0 Å². The van der Waals surface area contributed by atoms with Gasteiger partial charge in [-0.25, -0.2) is 4.79 Å². The summed E-state index contributed by atoms with van der Waals surface area (Å²) in [5, 5.41) is 19.8. The van der Waals surface area contributed by atoms with Gasteiger partial charge in [-0.15, -0.1) is 0 Å². The second kappa shape index (κ2) is 6.04. The molecule has 1 N–H and O–H groups in total. The topological polar surface area (TPSA) is 101 Å². The molecule has 0 bridgehead atoms. The van der Waals surface area contributed by atoms with Crippen LogP contribution in [0.1, 0.15) is 20.7 Å². The number of carboxylic acid groups (broad SMARTS) is 1. The maximum absolute atomic E-state index is 12.4. The van der Waals surface area contributed by atoms with Crippen LogP contribution in [0.4, 0.5) is 11.4 Å². The van der Waals surface area contributed by atoms with Gasteiger partial charge in [0.15, 0.2) is 0 Å². The van der Waals surface area contributed by atoms with Crippen LogP contribution in [0.5, 0.6) is 0 Å². The third-order valence-electron chi connectivity index (χ3n) is 3.13. The van der Waals surface area contributed by atoms with Crippen molar-refractivity contribution in [1.82, 2.24) is 0 Å². The van der Waals surface area contributed by atoms with Crippen LogP contribution < -0.4 is 4.90 Å². The van der Waals surface area contributed by atoms with E-state index in [4.69, 9.17) is 5.11 Å². The standard InChI is InChI=1S/C15H12N2O5/c1-16(13-5-3-2-4-12(13)15(19)20)14(18)10-6-8-11(9-7-10)17(21)22/h2-9H,1H3,(H,19,20). The van der Waals surface area contributed by atoms with Gasteiger partial charge in [-0.1, -0.05) is 12.1 Å². The van der Waals surface area contributed by atoms with E-state index in [0.29, 0.717) is 0 Å². The summed E-state index contributed by atoms with van der Waals surface area (Å²) in [6, 6.07) is 11.2. The largest absolute Gasteiger partial charge is 0.478 e. The highest BCUT2D eigenvalue weighted by atomic mass is 16.6. The molecule has 0 radical (unpaired) electrons. The molecule has 7 heteroatoms. The smallest absolute Gasteiger partial charge is 0.337 e. The summed E-state index contributed by atoms with van der Waals surface area (Å²) in [4.78, 5) is 34.8. The number of amides is 1. The number of benzene rings is 2. The van der Waals surface area contributed by atoms with E-state index in [2.05, 4.69) is 0 Å². The lowest BCUT2D eigenvalue weighted by molar-refractivity contribution is -0.384. The predicted molar refractivity (Wildman–Crippen MR) is 79.2 cm³/mol. The van der Waals surface area contributed by atoms with E-state index in [9.17, 15) is 19.7 Å². The summed E-state index contributed by atoms with van der Waals surface area (Å²) in [7, 11) is 1.45. The highest BCUT2D eigenvalue weighted by Gasteiger charge is 2.19. The van der Waals surface area contributed by atoms with Crippen molar-refractivity contribution in [3.05, 3.63) is 69.8 Å². The first kappa shape index (κ1) is 15.2. The van der Waals surface area contributed by atoms with Crippen molar-refractivity contribution in [2.24, 2.45) is 0 Å². The second-order valence-corrected chi connectivity index (χ2v) is 4.49. The van der Waals surface area contributed by atoms with Crippen molar-refractivity contribution in [2.45, 2.75) is 0 Å². The minimum Gasteiger partial charge on any atom is -0.478 e. The Morgan fingerprint density at radius 2 is 1.68 bits per heavy atom. The Balaban J connectivity index is 2.33. The molecule has 2 aromatic carbocycles. The molecule has 0 aliphatic rings. The molecule has 0 aliphatic heterocycles. The van der Waals surface area contributed by atoms with E-state index in [1.54, 1.807) is 12.1 Å². The van der Waals surface area contributed by atoms with Crippen LogP contribution in [0.15, 0.2) is 48.5 Å². The van der Waals surface area contributed by atoms with Crippen LogP contribution in [0.25, 0.3) is 0 Å². The van der Waals surface area contributed by atoms with Crippen molar-refractivity contribution >= 4 is 23.3 Å². The minimum atomic E-state index is -1.14. The summed E-state index contributed by atoms with van der Waals surface area (Å²) in [6.45, 7) is 0. The number of rotatable bonds is 4. The molecule has 0 aliphatic carbocycles. The van der Waals surface area contributed by atoms with E-state index >= 15 is 0 Å². The van der Waals surface area contributed by atoms with Crippen molar-refractivity contribution in [3.8, 4) is 0 Å². The Morgan fingerprint density at radius 3 is 2.23 bits per heavy atom. The van der Waals surface area contributed by atoms with Crippen molar-refractivity contribution in [1.29, 1.82) is 0 Å². The van der Waals surface area contributed by atoms with Gasteiger partial charge in [-0.05, 0) is 24.3 Å². The SMILES string of the molecule is CN(C(=O)c1ccc([N+](=O)[O-])cc1)c1ccccc1C(=O)O. The number of para-hydroxylation sites is 1. The lowest BCUT2D eigenvalue weighted by atomic mass is 10.1. The molecule has 0 atom stereocenters. The third kappa shape index (κ3) is 2.93. The number of nitrogens with zero attached hydrogens (tertiary/aromatic N) is 2. The number of non-ortho nitro benzene ring substituents is 1. The van der Waals surface area contributed by atoms with Gasteiger partial charge < -0.3 is 10.0 Å². The number of nitro groups is 1. The van der Waals surface area contributed by atoms with E-state index < -0.39 is 16.8 Å². The molecule has 0 saturated heterocycles. The summed E-state index contributed by atoms with van der Waals surface area (Å²) >= 11 is 0. The number of carbonyl (C=O) groups excluding carboxylic acids is 1. The van der Waals surface area contributed by atoms with E-state index in [1.807, 2.05) is 0 Å². The molecule has 0 spiro atoms. The molecule has 22 heavy (non-hydrogen) atoms. The Hall–Kier alpha value is -3.22. The van der Waals surface area contributed by atoms with Gasteiger partial charge >= 0.3 is 5.97 Å². The zero-order valence-corrected chi connectivity index (χ0v) is 11.6. The fourth-order valence-electron chi connectivity index (χ4n) is 1.98. The summed E-state index contributed by atoms with van der Waals surface area (Å²) < 4.78 is 0. The van der Waals surface area contributed by atoms with Gasteiger partial charge in [0.2, 0.25) is 0 Å². The lowest BCUT2D eigenvalue weighted by Crippen LogP contribution is -2.27.